The van der Waals surface area contributed by atoms with Gasteiger partial charge in [0.05, 0.1) is 8.67 Å². The minimum absolute atomic E-state index is 0.239. The van der Waals surface area contributed by atoms with Gasteiger partial charge in [-0.1, -0.05) is 23.2 Å². The van der Waals surface area contributed by atoms with Gasteiger partial charge in [0.15, 0.2) is 0 Å². The Morgan fingerprint density at radius 1 is 1.69 bits per heavy atom. The first-order valence-electron chi connectivity index (χ1n) is 3.31. The first-order chi connectivity index (χ1) is 6.00. The van der Waals surface area contributed by atoms with Gasteiger partial charge in [-0.3, -0.25) is 0 Å². The minimum Gasteiger partial charge on any atom is -0.479 e. The zero-order chi connectivity index (χ0) is 10.0. The number of carboxylic acid groups (broad SMARTS) is 1. The summed E-state index contributed by atoms with van der Waals surface area (Å²) in [6.45, 7) is 0. The Labute approximate surface area is 87.9 Å². The Bertz CT molecular complexity index is 326. The number of alkyl halides is 1. The highest BCUT2D eigenvalue weighted by atomic mass is 35.5. The summed E-state index contributed by atoms with van der Waals surface area (Å²) in [5.41, 5.74) is 0.437. The highest BCUT2D eigenvalue weighted by molar-refractivity contribution is 7.20. The molecule has 0 fully saturated rings. The maximum atomic E-state index is 12.7. The summed E-state index contributed by atoms with van der Waals surface area (Å²) in [7, 11) is 0. The number of hydrogen-bond acceptors (Lipinski definition) is 2. The lowest BCUT2D eigenvalue weighted by molar-refractivity contribution is -0.142. The number of thiophene rings is 1. The second kappa shape index (κ2) is 4.26. The van der Waals surface area contributed by atoms with Gasteiger partial charge < -0.3 is 5.11 Å². The van der Waals surface area contributed by atoms with Crippen molar-refractivity contribution in [2.45, 2.75) is 12.6 Å². The second-order valence-corrected chi connectivity index (χ2v) is 4.64. The van der Waals surface area contributed by atoms with E-state index < -0.39 is 12.1 Å². The highest BCUT2D eigenvalue weighted by Crippen LogP contribution is 2.32. The van der Waals surface area contributed by atoms with E-state index in [-0.39, 0.29) is 6.42 Å². The molecule has 1 aromatic rings. The van der Waals surface area contributed by atoms with Crippen molar-refractivity contribution in [1.82, 2.24) is 0 Å². The van der Waals surface area contributed by atoms with Crippen molar-refractivity contribution in [1.29, 1.82) is 0 Å². The molecule has 1 N–H and O–H groups in total. The summed E-state index contributed by atoms with van der Waals surface area (Å²) in [6, 6.07) is 1.48. The molecule has 2 nitrogen and oxygen atoms in total. The average Bonchev–Trinajstić information content (AvgIpc) is 2.30. The van der Waals surface area contributed by atoms with Crippen molar-refractivity contribution in [2.24, 2.45) is 0 Å². The van der Waals surface area contributed by atoms with Gasteiger partial charge in [0.25, 0.3) is 0 Å². The van der Waals surface area contributed by atoms with Crippen LogP contribution in [0.3, 0.4) is 0 Å². The SMILES string of the molecule is O=C(O)C(F)Cc1cc(Cl)sc1Cl. The van der Waals surface area contributed by atoms with Crippen LogP contribution >= 0.6 is 34.5 Å². The largest absolute Gasteiger partial charge is 0.479 e. The van der Waals surface area contributed by atoms with Gasteiger partial charge in [0.1, 0.15) is 0 Å². The molecular weight excluding hydrogens is 238 g/mol. The molecule has 0 spiro atoms. The van der Waals surface area contributed by atoms with E-state index in [2.05, 4.69) is 0 Å². The molecule has 72 valence electrons. The fourth-order valence-electron chi connectivity index (χ4n) is 0.794. The number of aliphatic carboxylic acids is 1. The number of carboxylic acids is 1. The van der Waals surface area contributed by atoms with Crippen molar-refractivity contribution < 1.29 is 14.3 Å². The Morgan fingerprint density at radius 3 is 2.69 bits per heavy atom. The van der Waals surface area contributed by atoms with E-state index >= 15 is 0 Å². The average molecular weight is 243 g/mol. The molecule has 0 aromatic carbocycles. The monoisotopic (exact) mass is 242 g/mol. The number of hydrogen-bond donors (Lipinski definition) is 1. The van der Waals surface area contributed by atoms with Gasteiger partial charge in [0.2, 0.25) is 6.17 Å². The molecule has 0 saturated carbocycles. The normalized spacial score (nSPS) is 12.8. The van der Waals surface area contributed by atoms with E-state index in [0.29, 0.717) is 14.2 Å². The molecule has 0 radical (unpaired) electrons. The van der Waals surface area contributed by atoms with Crippen molar-refractivity contribution in [3.05, 3.63) is 20.3 Å². The summed E-state index contributed by atoms with van der Waals surface area (Å²) in [5.74, 6) is -1.49. The lowest BCUT2D eigenvalue weighted by atomic mass is 10.2. The van der Waals surface area contributed by atoms with Crippen LogP contribution in [0.25, 0.3) is 0 Å². The standard InChI is InChI=1S/C7H5Cl2FO2S/c8-5-2-3(6(9)13-5)1-4(10)7(11)12/h2,4H,1H2,(H,11,12). The van der Waals surface area contributed by atoms with Gasteiger partial charge in [0, 0.05) is 6.42 Å². The number of halogens is 3. The molecular formula is C7H5Cl2FO2S. The quantitative estimate of drug-likeness (QED) is 0.885. The lowest BCUT2D eigenvalue weighted by Gasteiger charge is -2.00. The summed E-state index contributed by atoms with van der Waals surface area (Å²) >= 11 is 12.4. The Hall–Kier alpha value is -0.320. The maximum Gasteiger partial charge on any atom is 0.338 e. The molecule has 0 bridgehead atoms. The van der Waals surface area contributed by atoms with E-state index in [9.17, 15) is 9.18 Å². The van der Waals surface area contributed by atoms with Gasteiger partial charge in [-0.25, -0.2) is 9.18 Å². The number of carbonyl (C=O) groups is 1. The van der Waals surface area contributed by atoms with Gasteiger partial charge >= 0.3 is 5.97 Å². The van der Waals surface area contributed by atoms with E-state index in [0.717, 1.165) is 11.3 Å². The Kier molecular flexibility index (Phi) is 3.53. The molecule has 0 amide bonds. The predicted octanol–water partition coefficient (Wildman–Crippen LogP) is 3.02. The summed E-state index contributed by atoms with van der Waals surface area (Å²) in [5, 5.41) is 8.29. The molecule has 0 aliphatic carbocycles. The van der Waals surface area contributed by atoms with Crippen molar-refractivity contribution in [3.8, 4) is 0 Å². The van der Waals surface area contributed by atoms with E-state index in [4.69, 9.17) is 28.3 Å². The summed E-state index contributed by atoms with van der Waals surface area (Å²) in [4.78, 5) is 10.2. The van der Waals surface area contributed by atoms with E-state index in [1.54, 1.807) is 0 Å². The summed E-state index contributed by atoms with van der Waals surface area (Å²) < 4.78 is 13.5. The van der Waals surface area contributed by atoms with Crippen LogP contribution in [0, 0.1) is 0 Å². The topological polar surface area (TPSA) is 37.3 Å². The van der Waals surface area contributed by atoms with Gasteiger partial charge in [-0.2, -0.15) is 0 Å². The predicted molar refractivity (Wildman–Crippen MR) is 50.6 cm³/mol. The zero-order valence-corrected chi connectivity index (χ0v) is 8.59. The molecule has 6 heteroatoms. The maximum absolute atomic E-state index is 12.7. The van der Waals surface area contributed by atoms with Crippen molar-refractivity contribution in [2.75, 3.05) is 0 Å². The van der Waals surface area contributed by atoms with Crippen LogP contribution in [0.15, 0.2) is 6.07 Å². The van der Waals surface area contributed by atoms with Crippen molar-refractivity contribution in [3.63, 3.8) is 0 Å². The lowest BCUT2D eigenvalue weighted by Crippen LogP contribution is -2.16. The zero-order valence-electron chi connectivity index (χ0n) is 6.26. The minimum atomic E-state index is -1.93. The molecule has 1 heterocycles. The van der Waals surface area contributed by atoms with Crippen molar-refractivity contribution >= 4 is 40.5 Å². The van der Waals surface area contributed by atoms with Crippen LogP contribution in [-0.4, -0.2) is 17.2 Å². The molecule has 0 saturated heterocycles. The van der Waals surface area contributed by atoms with Gasteiger partial charge in [-0.15, -0.1) is 11.3 Å². The molecule has 13 heavy (non-hydrogen) atoms. The van der Waals surface area contributed by atoms with Crippen LogP contribution < -0.4 is 0 Å². The molecule has 1 aromatic heterocycles. The van der Waals surface area contributed by atoms with Gasteiger partial charge in [-0.05, 0) is 11.6 Å². The van der Waals surface area contributed by atoms with Crippen LogP contribution in [0.5, 0.6) is 0 Å². The van der Waals surface area contributed by atoms with E-state index in [1.165, 1.54) is 6.07 Å². The Balaban J connectivity index is 2.74. The fourth-order valence-corrected chi connectivity index (χ4v) is 2.30. The first-order valence-corrected chi connectivity index (χ1v) is 4.88. The molecule has 1 atom stereocenters. The number of rotatable bonds is 3. The third kappa shape index (κ3) is 2.83. The van der Waals surface area contributed by atoms with Crippen LogP contribution in [0.2, 0.25) is 8.67 Å². The fraction of sp³-hybridized carbons (Fsp3) is 0.286. The highest BCUT2D eigenvalue weighted by Gasteiger charge is 2.19. The Morgan fingerprint density at radius 2 is 2.31 bits per heavy atom. The second-order valence-electron chi connectivity index (χ2n) is 2.36. The van der Waals surface area contributed by atoms with Crippen LogP contribution in [-0.2, 0) is 11.2 Å². The van der Waals surface area contributed by atoms with Crippen LogP contribution in [0.4, 0.5) is 4.39 Å². The third-order valence-electron chi connectivity index (χ3n) is 1.39. The third-order valence-corrected chi connectivity index (χ3v) is 2.96. The first kappa shape index (κ1) is 10.8. The summed E-state index contributed by atoms with van der Waals surface area (Å²) in [6.07, 6.45) is -2.17. The molecule has 0 aliphatic heterocycles. The molecule has 0 aliphatic rings. The molecule has 1 unspecified atom stereocenters. The molecule has 1 rings (SSSR count). The van der Waals surface area contributed by atoms with Crippen LogP contribution in [0.1, 0.15) is 5.56 Å². The smallest absolute Gasteiger partial charge is 0.338 e. The van der Waals surface area contributed by atoms with E-state index in [1.807, 2.05) is 0 Å².